The minimum atomic E-state index is -3.91. The van der Waals surface area contributed by atoms with Crippen LogP contribution < -0.4 is 29.6 Å². The van der Waals surface area contributed by atoms with Gasteiger partial charge < -0.3 is 9.66 Å². The van der Waals surface area contributed by atoms with Gasteiger partial charge in [0.2, 0.25) is 0 Å². The van der Waals surface area contributed by atoms with E-state index in [1.54, 1.807) is 0 Å². The van der Waals surface area contributed by atoms with Gasteiger partial charge >= 0.3 is 35.5 Å². The molecule has 0 atom stereocenters. The Hall–Kier alpha value is 0.120. The molecule has 0 heterocycles. The van der Waals surface area contributed by atoms with Crippen LogP contribution in [0.25, 0.3) is 0 Å². The summed E-state index contributed by atoms with van der Waals surface area (Å²) in [7, 11) is -3.91. The maximum Gasteiger partial charge on any atom is 1.00 e. The fraction of sp³-hybridized carbons (Fsp3) is 0.400. The van der Waals surface area contributed by atoms with Crippen molar-refractivity contribution in [2.75, 3.05) is 5.75 Å². The summed E-state index contributed by atoms with van der Waals surface area (Å²) < 4.78 is 28.3. The van der Waals surface area contributed by atoms with E-state index < -0.39 is 16.1 Å². The van der Waals surface area contributed by atoms with Crippen LogP contribution in [0.5, 0.6) is 0 Å². The van der Waals surface area contributed by atoms with Crippen molar-refractivity contribution in [1.82, 2.24) is 0 Å². The molecule has 0 amide bonds. The second kappa shape index (κ2) is 9.21. The number of aliphatic carboxylic acids is 1. The molecule has 0 aliphatic heterocycles. The molecule has 0 rings (SSSR count). The fourth-order valence-corrected chi connectivity index (χ4v) is 0. The Bertz CT molecular complexity index is 220. The number of carboxylic acid groups (broad SMARTS) is 1. The summed E-state index contributed by atoms with van der Waals surface area (Å²) in [6, 6.07) is 0. The molecule has 0 aliphatic carbocycles. The number of carboxylic acids is 1. The first-order valence-electron chi connectivity index (χ1n) is 2.62. The van der Waals surface area contributed by atoms with Crippen molar-refractivity contribution in [3.05, 3.63) is 12.7 Å². The predicted molar refractivity (Wildman–Crippen MR) is 38.1 cm³/mol. The maximum atomic E-state index is 9.44. The topological polar surface area (TPSA) is 94.5 Å². The normalized spacial score (nSPS) is 8.50. The van der Waals surface area contributed by atoms with Crippen LogP contribution in [-0.4, -0.2) is 29.8 Å². The molecule has 0 fully saturated rings. The average Bonchev–Trinajstić information content (AvgIpc) is 1.88. The molecule has 1 N–H and O–H groups in total. The van der Waals surface area contributed by atoms with Crippen LogP contribution in [0.1, 0.15) is 6.92 Å². The fourth-order valence-electron chi connectivity index (χ4n) is 0. The molecule has 7 heteroatoms. The van der Waals surface area contributed by atoms with Crippen LogP contribution in [0.4, 0.5) is 0 Å². The molecule has 0 aliphatic rings. The summed E-state index contributed by atoms with van der Waals surface area (Å²) >= 11 is 0. The standard InChI is InChI=1S/C3H4O2.C2H6O3S.Na/c1-2-3(4)5;1-2-6(3,4)5;/h2H,1H2,(H,4,5);2H2,1H3,(H,3,4,5);/q;;+1/p-1. The van der Waals surface area contributed by atoms with Crippen molar-refractivity contribution in [3.8, 4) is 0 Å². The van der Waals surface area contributed by atoms with Crippen molar-refractivity contribution >= 4 is 16.1 Å². The average molecular weight is 204 g/mol. The molecule has 0 saturated carbocycles. The zero-order valence-electron chi connectivity index (χ0n) is 6.98. The predicted octanol–water partition coefficient (Wildman–Crippen LogP) is -3.19. The van der Waals surface area contributed by atoms with Crippen LogP contribution in [0.3, 0.4) is 0 Å². The number of rotatable bonds is 2. The van der Waals surface area contributed by atoms with Gasteiger partial charge in [-0.05, 0) is 0 Å². The molecule has 12 heavy (non-hydrogen) atoms. The number of hydrogen-bond donors (Lipinski definition) is 1. The van der Waals surface area contributed by atoms with Crippen LogP contribution in [0.15, 0.2) is 12.7 Å². The van der Waals surface area contributed by atoms with Gasteiger partial charge in [-0.3, -0.25) is 0 Å². The first kappa shape index (κ1) is 18.0. The number of hydrogen-bond acceptors (Lipinski definition) is 4. The van der Waals surface area contributed by atoms with Crippen LogP contribution >= 0.6 is 0 Å². The smallest absolute Gasteiger partial charge is 0.748 e. The van der Waals surface area contributed by atoms with E-state index in [2.05, 4.69) is 6.58 Å². The summed E-state index contributed by atoms with van der Waals surface area (Å²) in [4.78, 5) is 9.25. The Morgan fingerprint density at radius 1 is 1.67 bits per heavy atom. The van der Waals surface area contributed by atoms with Crippen LogP contribution in [0.2, 0.25) is 0 Å². The first-order chi connectivity index (χ1) is 4.83. The summed E-state index contributed by atoms with van der Waals surface area (Å²) in [5, 5.41) is 7.60. The molecule has 5 nitrogen and oxygen atoms in total. The summed E-state index contributed by atoms with van der Waals surface area (Å²) in [5.74, 6) is -1.29. The van der Waals surface area contributed by atoms with E-state index in [-0.39, 0.29) is 35.3 Å². The van der Waals surface area contributed by atoms with Gasteiger partial charge in [-0.1, -0.05) is 13.5 Å². The third-order valence-electron chi connectivity index (χ3n) is 0.528. The molecule has 0 aromatic carbocycles. The van der Waals surface area contributed by atoms with Gasteiger partial charge in [-0.25, -0.2) is 13.2 Å². The zero-order chi connectivity index (χ0) is 9.49. The zero-order valence-corrected chi connectivity index (χ0v) is 9.80. The quantitative estimate of drug-likeness (QED) is 0.290. The van der Waals surface area contributed by atoms with Gasteiger partial charge in [0, 0.05) is 11.8 Å². The molecule has 0 aromatic rings. The van der Waals surface area contributed by atoms with E-state index in [0.717, 1.165) is 6.08 Å². The van der Waals surface area contributed by atoms with Gasteiger partial charge in [0.05, 0.1) is 10.1 Å². The molecule has 0 spiro atoms. The monoisotopic (exact) mass is 204 g/mol. The largest absolute Gasteiger partial charge is 1.00 e. The second-order valence-corrected chi connectivity index (χ2v) is 3.08. The van der Waals surface area contributed by atoms with E-state index in [1.165, 1.54) is 6.92 Å². The molecule has 0 saturated heterocycles. The van der Waals surface area contributed by atoms with Crippen LogP contribution in [0, 0.1) is 0 Å². The first-order valence-corrected chi connectivity index (χ1v) is 4.20. The van der Waals surface area contributed by atoms with E-state index in [0.29, 0.717) is 0 Å². The van der Waals surface area contributed by atoms with E-state index in [4.69, 9.17) is 5.11 Å². The third kappa shape index (κ3) is 32.1. The second-order valence-electron chi connectivity index (χ2n) is 1.39. The van der Waals surface area contributed by atoms with Crippen LogP contribution in [-0.2, 0) is 14.9 Å². The minimum absolute atomic E-state index is 0. The Morgan fingerprint density at radius 2 is 1.83 bits per heavy atom. The Balaban J connectivity index is -0.000000126. The van der Waals surface area contributed by atoms with Gasteiger partial charge in [0.1, 0.15) is 0 Å². The van der Waals surface area contributed by atoms with Crippen molar-refractivity contribution in [3.63, 3.8) is 0 Å². The van der Waals surface area contributed by atoms with Crippen molar-refractivity contribution < 1.29 is 52.4 Å². The number of carbonyl (C=O) groups is 1. The molecule has 0 unspecified atom stereocenters. The molecule has 0 radical (unpaired) electrons. The Kier molecular flexibility index (Phi) is 13.8. The molecular weight excluding hydrogens is 195 g/mol. The maximum absolute atomic E-state index is 9.44. The van der Waals surface area contributed by atoms with Gasteiger partial charge in [-0.2, -0.15) is 0 Å². The summed E-state index contributed by atoms with van der Waals surface area (Å²) in [5.41, 5.74) is 0. The summed E-state index contributed by atoms with van der Waals surface area (Å²) in [6.07, 6.45) is 0.833. The van der Waals surface area contributed by atoms with E-state index in [9.17, 15) is 17.8 Å². The van der Waals surface area contributed by atoms with Gasteiger partial charge in [0.25, 0.3) is 0 Å². The van der Waals surface area contributed by atoms with Crippen molar-refractivity contribution in [2.24, 2.45) is 0 Å². The molecule has 0 bridgehead atoms. The van der Waals surface area contributed by atoms with Crippen molar-refractivity contribution in [1.29, 1.82) is 0 Å². The SMILES string of the molecule is C=CC(=O)O.CCS(=O)(=O)[O-].[Na+]. The van der Waals surface area contributed by atoms with Gasteiger partial charge in [-0.15, -0.1) is 0 Å². The van der Waals surface area contributed by atoms with Crippen molar-refractivity contribution in [2.45, 2.75) is 6.92 Å². The van der Waals surface area contributed by atoms with Gasteiger partial charge in [0.15, 0.2) is 0 Å². The Labute approximate surface area is 93.5 Å². The van der Waals surface area contributed by atoms with E-state index >= 15 is 0 Å². The third-order valence-corrected chi connectivity index (χ3v) is 1.24. The Morgan fingerprint density at radius 3 is 1.83 bits per heavy atom. The molecule has 66 valence electrons. The van der Waals surface area contributed by atoms with E-state index in [1.807, 2.05) is 0 Å². The summed E-state index contributed by atoms with van der Waals surface area (Å²) in [6.45, 7) is 4.27. The minimum Gasteiger partial charge on any atom is -0.748 e. The molecular formula is C5H9NaO5S. The molecule has 0 aromatic heterocycles.